The van der Waals surface area contributed by atoms with Gasteiger partial charge in [-0.15, -0.1) is 5.10 Å². The van der Waals surface area contributed by atoms with Gasteiger partial charge in [0.15, 0.2) is 0 Å². The van der Waals surface area contributed by atoms with Crippen molar-refractivity contribution in [1.29, 1.82) is 0 Å². The topological polar surface area (TPSA) is 97.2 Å². The summed E-state index contributed by atoms with van der Waals surface area (Å²) in [5.74, 6) is -0.378. The molecule has 11 heteroatoms. The number of nitrogens with zero attached hydrogens (tertiary/aromatic N) is 4. The molecule has 0 spiro atoms. The summed E-state index contributed by atoms with van der Waals surface area (Å²) in [4.78, 5) is 16.9. The number of fused-ring (bicyclic) bond motifs is 1. The van der Waals surface area contributed by atoms with E-state index in [-0.39, 0.29) is 18.1 Å². The number of sulfonamides is 1. The molecule has 1 amide bonds. The maximum Gasteiger partial charge on any atom is 0.291 e. The molecule has 1 aliphatic heterocycles. The number of aromatic nitrogens is 3. The standard InChI is InChI=1S/C21H21Cl2N5O3S/c1-2-18-25-20(26-28(18)19-15(22)7-5-8-16(19)23)21(29)24-11-13-32(30,31)27-12-10-14-6-3-4-9-17(14)27/h3-9H,2,10-13H2,1H3,(H,24,29). The van der Waals surface area contributed by atoms with Crippen molar-refractivity contribution in [3.63, 3.8) is 0 Å². The average molecular weight is 494 g/mol. The minimum absolute atomic E-state index is 0.0668. The normalized spacial score (nSPS) is 13.3. The Labute approximate surface area is 196 Å². The number of carbonyl (C=O) groups excluding carboxylic acids is 1. The first-order valence-electron chi connectivity index (χ1n) is 10.1. The molecule has 0 fully saturated rings. The van der Waals surface area contributed by atoms with Gasteiger partial charge < -0.3 is 5.32 Å². The lowest BCUT2D eigenvalue weighted by Crippen LogP contribution is -2.37. The molecule has 1 aromatic heterocycles. The van der Waals surface area contributed by atoms with E-state index >= 15 is 0 Å². The molecule has 0 saturated heterocycles. The van der Waals surface area contributed by atoms with Gasteiger partial charge in [-0.1, -0.05) is 54.4 Å². The third-order valence-corrected chi connectivity index (χ3v) is 7.55. The van der Waals surface area contributed by atoms with Crippen LogP contribution in [0.15, 0.2) is 42.5 Å². The predicted molar refractivity (Wildman–Crippen MR) is 124 cm³/mol. The molecular weight excluding hydrogens is 473 g/mol. The first kappa shape index (κ1) is 22.6. The molecule has 8 nitrogen and oxygen atoms in total. The highest BCUT2D eigenvalue weighted by atomic mass is 35.5. The van der Waals surface area contributed by atoms with E-state index in [9.17, 15) is 13.2 Å². The largest absolute Gasteiger partial charge is 0.348 e. The number of carbonyl (C=O) groups is 1. The lowest BCUT2D eigenvalue weighted by Gasteiger charge is -2.19. The number of nitrogens with one attached hydrogen (secondary N) is 1. The zero-order valence-electron chi connectivity index (χ0n) is 17.3. The van der Waals surface area contributed by atoms with Gasteiger partial charge in [0.1, 0.15) is 11.5 Å². The molecule has 0 saturated carbocycles. The molecule has 0 bridgehead atoms. The molecule has 0 atom stereocenters. The van der Waals surface area contributed by atoms with Gasteiger partial charge in [-0.05, 0) is 30.2 Å². The molecule has 168 valence electrons. The second kappa shape index (κ2) is 9.09. The predicted octanol–water partition coefficient (Wildman–Crippen LogP) is 3.26. The van der Waals surface area contributed by atoms with Crippen molar-refractivity contribution >= 4 is 44.8 Å². The second-order valence-electron chi connectivity index (χ2n) is 7.21. The molecule has 0 aliphatic carbocycles. The Kier molecular flexibility index (Phi) is 6.41. The molecular formula is C21H21Cl2N5O3S. The number of benzene rings is 2. The van der Waals surface area contributed by atoms with E-state index in [1.807, 2.05) is 25.1 Å². The Morgan fingerprint density at radius 2 is 1.84 bits per heavy atom. The van der Waals surface area contributed by atoms with Gasteiger partial charge >= 0.3 is 0 Å². The molecule has 1 aliphatic rings. The number of rotatable bonds is 7. The van der Waals surface area contributed by atoms with Crippen molar-refractivity contribution in [3.8, 4) is 5.69 Å². The number of para-hydroxylation sites is 2. The summed E-state index contributed by atoms with van der Waals surface area (Å²) >= 11 is 12.5. The van der Waals surface area contributed by atoms with Crippen LogP contribution < -0.4 is 9.62 Å². The first-order valence-corrected chi connectivity index (χ1v) is 12.4. The van der Waals surface area contributed by atoms with Gasteiger partial charge in [-0.2, -0.15) is 0 Å². The Bertz CT molecular complexity index is 1260. The fraction of sp³-hybridized carbons (Fsp3) is 0.286. The molecule has 0 radical (unpaired) electrons. The van der Waals surface area contributed by atoms with E-state index in [0.29, 0.717) is 46.6 Å². The first-order chi connectivity index (χ1) is 15.3. The maximum atomic E-state index is 12.8. The van der Waals surface area contributed by atoms with Crippen molar-refractivity contribution in [2.75, 3.05) is 23.1 Å². The van der Waals surface area contributed by atoms with E-state index in [1.54, 1.807) is 24.3 Å². The third kappa shape index (κ3) is 4.32. The van der Waals surface area contributed by atoms with Crippen LogP contribution in [0, 0.1) is 0 Å². The summed E-state index contributed by atoms with van der Waals surface area (Å²) in [6.45, 7) is 2.20. The Hall–Kier alpha value is -2.62. The molecule has 32 heavy (non-hydrogen) atoms. The van der Waals surface area contributed by atoms with Gasteiger partial charge in [0.05, 0.1) is 21.5 Å². The van der Waals surface area contributed by atoms with Crippen LogP contribution in [0.4, 0.5) is 5.69 Å². The molecule has 3 aromatic rings. The summed E-state index contributed by atoms with van der Waals surface area (Å²) < 4.78 is 28.4. The quantitative estimate of drug-likeness (QED) is 0.544. The lowest BCUT2D eigenvalue weighted by molar-refractivity contribution is 0.0946. The summed E-state index contributed by atoms with van der Waals surface area (Å²) in [5.41, 5.74) is 2.14. The fourth-order valence-corrected chi connectivity index (χ4v) is 5.60. The SMILES string of the molecule is CCc1nc(C(=O)NCCS(=O)(=O)N2CCc3ccccc32)nn1-c1c(Cl)cccc1Cl. The van der Waals surface area contributed by atoms with Crippen LogP contribution in [-0.2, 0) is 22.9 Å². The summed E-state index contributed by atoms with van der Waals surface area (Å²) in [7, 11) is -3.58. The van der Waals surface area contributed by atoms with Gasteiger partial charge in [0.25, 0.3) is 5.91 Å². The van der Waals surface area contributed by atoms with Crippen molar-refractivity contribution in [2.45, 2.75) is 19.8 Å². The summed E-state index contributed by atoms with van der Waals surface area (Å²) in [6, 6.07) is 12.5. The Morgan fingerprint density at radius 3 is 2.56 bits per heavy atom. The number of aryl methyl sites for hydroxylation is 1. The Morgan fingerprint density at radius 1 is 1.12 bits per heavy atom. The van der Waals surface area contributed by atoms with Crippen molar-refractivity contribution in [3.05, 3.63) is 69.7 Å². The second-order valence-corrected chi connectivity index (χ2v) is 10.0. The Balaban J connectivity index is 1.46. The summed E-state index contributed by atoms with van der Waals surface area (Å²) in [5, 5.41) is 7.61. The van der Waals surface area contributed by atoms with E-state index in [1.165, 1.54) is 8.99 Å². The van der Waals surface area contributed by atoms with Crippen molar-refractivity contribution < 1.29 is 13.2 Å². The summed E-state index contributed by atoms with van der Waals surface area (Å²) in [6.07, 6.45) is 1.16. The number of halogens is 2. The smallest absolute Gasteiger partial charge is 0.291 e. The van der Waals surface area contributed by atoms with Crippen molar-refractivity contribution in [2.24, 2.45) is 0 Å². The van der Waals surface area contributed by atoms with Crippen LogP contribution in [0.25, 0.3) is 5.69 Å². The minimum Gasteiger partial charge on any atom is -0.348 e. The van der Waals surface area contributed by atoms with E-state index in [0.717, 1.165) is 5.56 Å². The maximum absolute atomic E-state index is 12.8. The molecule has 2 aromatic carbocycles. The highest BCUT2D eigenvalue weighted by molar-refractivity contribution is 7.92. The third-order valence-electron chi connectivity index (χ3n) is 5.17. The van der Waals surface area contributed by atoms with Crippen LogP contribution >= 0.6 is 23.2 Å². The highest BCUT2D eigenvalue weighted by Gasteiger charge is 2.29. The lowest BCUT2D eigenvalue weighted by atomic mass is 10.2. The fourth-order valence-electron chi connectivity index (χ4n) is 3.62. The molecule has 1 N–H and O–H groups in total. The number of hydrogen-bond donors (Lipinski definition) is 1. The van der Waals surface area contributed by atoms with Crippen LogP contribution in [-0.4, -0.2) is 47.9 Å². The van der Waals surface area contributed by atoms with Crippen LogP contribution in [0.5, 0.6) is 0 Å². The van der Waals surface area contributed by atoms with Crippen LogP contribution in [0.2, 0.25) is 10.0 Å². The monoisotopic (exact) mass is 493 g/mol. The minimum atomic E-state index is -3.58. The average Bonchev–Trinajstić information content (AvgIpc) is 3.38. The molecule has 0 unspecified atom stereocenters. The van der Waals surface area contributed by atoms with Gasteiger partial charge in [-0.25, -0.2) is 18.1 Å². The van der Waals surface area contributed by atoms with E-state index < -0.39 is 15.9 Å². The van der Waals surface area contributed by atoms with Gasteiger partial charge in [0, 0.05) is 19.5 Å². The molecule has 2 heterocycles. The highest BCUT2D eigenvalue weighted by Crippen LogP contribution is 2.30. The van der Waals surface area contributed by atoms with Crippen LogP contribution in [0.1, 0.15) is 28.9 Å². The number of anilines is 1. The zero-order valence-corrected chi connectivity index (χ0v) is 19.6. The van der Waals surface area contributed by atoms with Gasteiger partial charge in [-0.3, -0.25) is 9.10 Å². The zero-order chi connectivity index (χ0) is 22.9. The number of amides is 1. The van der Waals surface area contributed by atoms with E-state index in [2.05, 4.69) is 15.4 Å². The van der Waals surface area contributed by atoms with Crippen molar-refractivity contribution in [1.82, 2.24) is 20.1 Å². The number of hydrogen-bond acceptors (Lipinski definition) is 5. The van der Waals surface area contributed by atoms with Gasteiger partial charge in [0.2, 0.25) is 15.8 Å². The molecule has 4 rings (SSSR count). The van der Waals surface area contributed by atoms with Crippen LogP contribution in [0.3, 0.4) is 0 Å². The van der Waals surface area contributed by atoms with E-state index in [4.69, 9.17) is 23.2 Å².